The summed E-state index contributed by atoms with van der Waals surface area (Å²) >= 11 is 1.65. The van der Waals surface area contributed by atoms with Gasteiger partial charge in [0.2, 0.25) is 0 Å². The molecule has 0 spiro atoms. The molecule has 0 fully saturated rings. The van der Waals surface area contributed by atoms with Crippen LogP contribution in [0.5, 0.6) is 0 Å². The number of aromatic nitrogens is 1. The number of aliphatic hydroxyl groups is 1. The normalized spacial score (nSPS) is 12.4. The molecule has 0 aliphatic heterocycles. The fourth-order valence-corrected chi connectivity index (χ4v) is 2.55. The molecule has 1 aromatic heterocycles. The van der Waals surface area contributed by atoms with Crippen molar-refractivity contribution in [1.29, 1.82) is 0 Å². The third-order valence-corrected chi connectivity index (χ3v) is 3.91. The number of nitrogens with zero attached hydrogens (tertiary/aromatic N) is 1. The van der Waals surface area contributed by atoms with E-state index < -0.39 is 6.10 Å². The summed E-state index contributed by atoms with van der Waals surface area (Å²) in [5, 5.41) is 10.8. The van der Waals surface area contributed by atoms with Crippen LogP contribution in [0.3, 0.4) is 0 Å². The summed E-state index contributed by atoms with van der Waals surface area (Å²) in [5.74, 6) is 0. The minimum atomic E-state index is -0.410. The van der Waals surface area contributed by atoms with E-state index >= 15 is 0 Å². The van der Waals surface area contributed by atoms with Gasteiger partial charge in [0.25, 0.3) is 0 Å². The Morgan fingerprint density at radius 2 is 2.00 bits per heavy atom. The zero-order valence-electron chi connectivity index (χ0n) is 10.6. The number of rotatable bonds is 4. The standard InChI is InChI=1S/C15H17NOS/c1-3-14(17)12-9-11(2)15(16-10-12)18-13-7-5-4-6-8-13/h4-10,14,17H,3H2,1-2H3/t14-/m0/s1. The van der Waals surface area contributed by atoms with Gasteiger partial charge in [-0.2, -0.15) is 0 Å². The Morgan fingerprint density at radius 1 is 1.28 bits per heavy atom. The van der Waals surface area contributed by atoms with Crippen LogP contribution < -0.4 is 0 Å². The lowest BCUT2D eigenvalue weighted by Gasteiger charge is -2.10. The largest absolute Gasteiger partial charge is 0.388 e. The second kappa shape index (κ2) is 6.03. The SMILES string of the molecule is CC[C@H](O)c1cnc(Sc2ccccc2)c(C)c1. The van der Waals surface area contributed by atoms with Gasteiger partial charge >= 0.3 is 0 Å². The highest BCUT2D eigenvalue weighted by Crippen LogP contribution is 2.29. The zero-order chi connectivity index (χ0) is 13.0. The fourth-order valence-electron chi connectivity index (χ4n) is 1.71. The van der Waals surface area contributed by atoms with Crippen molar-refractivity contribution in [3.63, 3.8) is 0 Å². The summed E-state index contributed by atoms with van der Waals surface area (Å²) in [6.45, 7) is 4.00. The number of hydrogen-bond donors (Lipinski definition) is 1. The van der Waals surface area contributed by atoms with Crippen LogP contribution in [0.4, 0.5) is 0 Å². The molecule has 1 N–H and O–H groups in total. The van der Waals surface area contributed by atoms with E-state index in [0.29, 0.717) is 6.42 Å². The number of aryl methyl sites for hydroxylation is 1. The van der Waals surface area contributed by atoms with Crippen LogP contribution in [0.15, 0.2) is 52.5 Å². The van der Waals surface area contributed by atoms with E-state index in [1.807, 2.05) is 38.1 Å². The van der Waals surface area contributed by atoms with E-state index in [2.05, 4.69) is 17.1 Å². The van der Waals surface area contributed by atoms with Gasteiger partial charge in [-0.05, 0) is 42.7 Å². The minimum Gasteiger partial charge on any atom is -0.388 e. The highest BCUT2D eigenvalue weighted by molar-refractivity contribution is 7.99. The van der Waals surface area contributed by atoms with Crippen LogP contribution in [0, 0.1) is 6.92 Å². The summed E-state index contributed by atoms with van der Waals surface area (Å²) in [6, 6.07) is 12.2. The first-order valence-electron chi connectivity index (χ1n) is 6.08. The van der Waals surface area contributed by atoms with Crippen molar-refractivity contribution in [3.8, 4) is 0 Å². The lowest BCUT2D eigenvalue weighted by molar-refractivity contribution is 0.173. The maximum atomic E-state index is 9.79. The van der Waals surface area contributed by atoms with Gasteiger partial charge in [0, 0.05) is 11.1 Å². The van der Waals surface area contributed by atoms with Crippen molar-refractivity contribution in [2.75, 3.05) is 0 Å². The first-order valence-corrected chi connectivity index (χ1v) is 6.90. The first kappa shape index (κ1) is 13.1. The third-order valence-electron chi connectivity index (χ3n) is 2.78. The van der Waals surface area contributed by atoms with Gasteiger partial charge in [0.15, 0.2) is 0 Å². The van der Waals surface area contributed by atoms with Crippen LogP contribution in [-0.2, 0) is 0 Å². The molecule has 1 atom stereocenters. The third kappa shape index (κ3) is 3.12. The topological polar surface area (TPSA) is 33.1 Å². The second-order valence-electron chi connectivity index (χ2n) is 4.23. The molecule has 2 nitrogen and oxygen atoms in total. The molecule has 0 aliphatic rings. The molecule has 2 rings (SSSR count). The number of hydrogen-bond acceptors (Lipinski definition) is 3. The highest BCUT2D eigenvalue weighted by Gasteiger charge is 2.08. The van der Waals surface area contributed by atoms with Gasteiger partial charge in [0.05, 0.1) is 6.10 Å². The molecule has 94 valence electrons. The van der Waals surface area contributed by atoms with E-state index in [9.17, 15) is 5.11 Å². The van der Waals surface area contributed by atoms with E-state index in [1.165, 1.54) is 4.90 Å². The molecule has 0 bridgehead atoms. The van der Waals surface area contributed by atoms with Gasteiger partial charge in [-0.1, -0.05) is 36.9 Å². The summed E-state index contributed by atoms with van der Waals surface area (Å²) in [6.07, 6.45) is 2.07. The average molecular weight is 259 g/mol. The number of benzene rings is 1. The molecule has 2 aromatic rings. The maximum Gasteiger partial charge on any atom is 0.104 e. The molecule has 1 aromatic carbocycles. The predicted molar refractivity (Wildman–Crippen MR) is 74.8 cm³/mol. The Kier molecular flexibility index (Phi) is 4.39. The smallest absolute Gasteiger partial charge is 0.104 e. The maximum absolute atomic E-state index is 9.79. The minimum absolute atomic E-state index is 0.410. The Bertz CT molecular complexity index is 513. The van der Waals surface area contributed by atoms with Gasteiger partial charge < -0.3 is 5.11 Å². The fraction of sp³-hybridized carbons (Fsp3) is 0.267. The van der Waals surface area contributed by atoms with Gasteiger partial charge in [-0.15, -0.1) is 0 Å². The molecular weight excluding hydrogens is 242 g/mol. The van der Waals surface area contributed by atoms with E-state index in [0.717, 1.165) is 16.2 Å². The van der Waals surface area contributed by atoms with E-state index in [1.54, 1.807) is 18.0 Å². The summed E-state index contributed by atoms with van der Waals surface area (Å²) < 4.78 is 0. The van der Waals surface area contributed by atoms with Crippen molar-refractivity contribution in [3.05, 3.63) is 53.7 Å². The summed E-state index contributed by atoms with van der Waals surface area (Å²) in [5.41, 5.74) is 2.00. The molecule has 0 saturated carbocycles. The first-order chi connectivity index (χ1) is 8.70. The second-order valence-corrected chi connectivity index (χ2v) is 5.29. The van der Waals surface area contributed by atoms with Crippen LogP contribution in [0.1, 0.15) is 30.6 Å². The molecule has 0 saturated heterocycles. The Balaban J connectivity index is 2.20. The average Bonchev–Trinajstić information content (AvgIpc) is 2.41. The molecule has 1 heterocycles. The molecule has 0 aliphatic carbocycles. The van der Waals surface area contributed by atoms with Crippen LogP contribution in [0.2, 0.25) is 0 Å². The van der Waals surface area contributed by atoms with Gasteiger partial charge in [-0.3, -0.25) is 0 Å². The molecule has 18 heavy (non-hydrogen) atoms. The van der Waals surface area contributed by atoms with E-state index in [4.69, 9.17) is 0 Å². The van der Waals surface area contributed by atoms with Crippen molar-refractivity contribution in [2.24, 2.45) is 0 Å². The zero-order valence-corrected chi connectivity index (χ0v) is 11.4. The van der Waals surface area contributed by atoms with Crippen molar-refractivity contribution in [1.82, 2.24) is 4.98 Å². The predicted octanol–water partition coefficient (Wildman–Crippen LogP) is 3.98. The summed E-state index contributed by atoms with van der Waals surface area (Å²) in [4.78, 5) is 5.62. The lowest BCUT2D eigenvalue weighted by Crippen LogP contribution is -1.98. The number of aliphatic hydroxyl groups excluding tert-OH is 1. The van der Waals surface area contributed by atoms with Gasteiger partial charge in [-0.25, -0.2) is 4.98 Å². The molecule has 0 unspecified atom stereocenters. The van der Waals surface area contributed by atoms with Crippen LogP contribution in [0.25, 0.3) is 0 Å². The molecule has 3 heteroatoms. The molecular formula is C15H17NOS. The quantitative estimate of drug-likeness (QED) is 0.901. The molecule has 0 radical (unpaired) electrons. The van der Waals surface area contributed by atoms with Crippen LogP contribution in [-0.4, -0.2) is 10.1 Å². The van der Waals surface area contributed by atoms with E-state index in [-0.39, 0.29) is 0 Å². The Morgan fingerprint density at radius 3 is 2.61 bits per heavy atom. The number of pyridine rings is 1. The van der Waals surface area contributed by atoms with Crippen molar-refractivity contribution >= 4 is 11.8 Å². The highest BCUT2D eigenvalue weighted by atomic mass is 32.2. The lowest BCUT2D eigenvalue weighted by atomic mass is 10.1. The Labute approximate surface area is 112 Å². The molecule has 0 amide bonds. The van der Waals surface area contributed by atoms with Crippen molar-refractivity contribution in [2.45, 2.75) is 36.3 Å². The van der Waals surface area contributed by atoms with Gasteiger partial charge in [0.1, 0.15) is 5.03 Å². The van der Waals surface area contributed by atoms with Crippen LogP contribution >= 0.6 is 11.8 Å². The summed E-state index contributed by atoms with van der Waals surface area (Å²) in [7, 11) is 0. The monoisotopic (exact) mass is 259 g/mol. The van der Waals surface area contributed by atoms with Crippen molar-refractivity contribution < 1.29 is 5.11 Å². The Hall–Kier alpha value is -1.32.